The monoisotopic (exact) mass is 489 g/mol. The quantitative estimate of drug-likeness (QED) is 0.369. The predicted octanol–water partition coefficient (Wildman–Crippen LogP) is 1.25. The molecule has 0 aromatic heterocycles. The molecule has 2 aliphatic heterocycles. The lowest BCUT2D eigenvalue weighted by Gasteiger charge is -2.36. The Hall–Kier alpha value is -1.26. The molecule has 3 rings (SSSR count). The van der Waals surface area contributed by atoms with Crippen LogP contribution in [0.25, 0.3) is 0 Å². The Morgan fingerprint density at radius 2 is 1.89 bits per heavy atom. The van der Waals surface area contributed by atoms with Gasteiger partial charge in [-0.05, 0) is 26.1 Å². The average molecular weight is 489 g/mol. The summed E-state index contributed by atoms with van der Waals surface area (Å²) in [6, 6.07) is 8.25. The molecule has 2 aliphatic rings. The van der Waals surface area contributed by atoms with Gasteiger partial charge in [-0.25, -0.2) is 0 Å². The summed E-state index contributed by atoms with van der Waals surface area (Å²) in [6.07, 6.45) is -0.0292. The summed E-state index contributed by atoms with van der Waals surface area (Å²) < 4.78 is 11.7. The first-order valence-electron chi connectivity index (χ1n) is 9.41. The van der Waals surface area contributed by atoms with Crippen LogP contribution in [0.3, 0.4) is 0 Å². The van der Waals surface area contributed by atoms with Gasteiger partial charge in [-0.15, -0.1) is 24.0 Å². The number of para-hydroxylation sites is 2. The largest absolute Gasteiger partial charge is 0.486 e. The summed E-state index contributed by atoms with van der Waals surface area (Å²) in [5.74, 6) is 2.41. The van der Waals surface area contributed by atoms with Crippen molar-refractivity contribution in [3.05, 3.63) is 24.3 Å². The predicted molar refractivity (Wildman–Crippen MR) is 120 cm³/mol. The van der Waals surface area contributed by atoms with Crippen molar-refractivity contribution in [2.24, 2.45) is 4.99 Å². The lowest BCUT2D eigenvalue weighted by Crippen LogP contribution is -2.53. The fraction of sp³-hybridized carbons (Fsp3) is 0.632. The van der Waals surface area contributed by atoms with E-state index >= 15 is 0 Å². The molecule has 27 heavy (non-hydrogen) atoms. The molecule has 0 aliphatic carbocycles. The zero-order valence-electron chi connectivity index (χ0n) is 16.5. The van der Waals surface area contributed by atoms with E-state index in [0.717, 1.165) is 50.2 Å². The molecule has 1 fully saturated rings. The van der Waals surface area contributed by atoms with E-state index in [1.165, 1.54) is 0 Å². The summed E-state index contributed by atoms with van der Waals surface area (Å²) in [4.78, 5) is 9.22. The highest BCUT2D eigenvalue weighted by Crippen LogP contribution is 2.30. The third-order valence-corrected chi connectivity index (χ3v) is 5.01. The number of rotatable bonds is 5. The molecule has 152 valence electrons. The van der Waals surface area contributed by atoms with E-state index in [1.807, 2.05) is 24.3 Å². The van der Waals surface area contributed by atoms with Crippen LogP contribution in [0.5, 0.6) is 11.5 Å². The second kappa shape index (κ2) is 10.9. The van der Waals surface area contributed by atoms with Crippen LogP contribution < -0.4 is 20.1 Å². The number of hydrogen-bond donors (Lipinski definition) is 2. The van der Waals surface area contributed by atoms with Crippen LogP contribution in [0.15, 0.2) is 29.3 Å². The van der Waals surface area contributed by atoms with E-state index in [0.29, 0.717) is 19.2 Å². The maximum atomic E-state index is 5.97. The maximum absolute atomic E-state index is 5.97. The molecule has 0 spiro atoms. The Bertz CT molecular complexity index is 608. The van der Waals surface area contributed by atoms with Gasteiger partial charge in [0.25, 0.3) is 0 Å². The van der Waals surface area contributed by atoms with Gasteiger partial charge in [0.05, 0.1) is 6.54 Å². The minimum absolute atomic E-state index is 0. The molecule has 8 heteroatoms. The number of fused-ring (bicyclic) bond motifs is 1. The smallest absolute Gasteiger partial charge is 0.191 e. The summed E-state index contributed by atoms with van der Waals surface area (Å²) in [6.45, 7) is 8.84. The number of halogens is 1. The van der Waals surface area contributed by atoms with Crippen molar-refractivity contribution in [3.63, 3.8) is 0 Å². The van der Waals surface area contributed by atoms with Crippen LogP contribution in [0.2, 0.25) is 0 Å². The SMILES string of the molecule is CN=C(NCC1COc2ccccc2O1)NCC(C)N1CCN(C)CC1.I. The van der Waals surface area contributed by atoms with Gasteiger partial charge in [0, 0.05) is 45.8 Å². The first kappa shape index (κ1) is 22.0. The van der Waals surface area contributed by atoms with Gasteiger partial charge in [0.15, 0.2) is 17.5 Å². The molecular formula is C19H32IN5O2. The highest BCUT2D eigenvalue weighted by molar-refractivity contribution is 14.0. The summed E-state index contributed by atoms with van der Waals surface area (Å²) >= 11 is 0. The van der Waals surface area contributed by atoms with Crippen molar-refractivity contribution >= 4 is 29.9 Å². The Morgan fingerprint density at radius 3 is 2.59 bits per heavy atom. The molecule has 1 aromatic rings. The van der Waals surface area contributed by atoms with Crippen LogP contribution in [-0.4, -0.2) is 87.9 Å². The number of hydrogen-bond acceptors (Lipinski definition) is 5. The van der Waals surface area contributed by atoms with Crippen molar-refractivity contribution in [2.75, 3.05) is 60.0 Å². The van der Waals surface area contributed by atoms with Gasteiger partial charge >= 0.3 is 0 Å². The second-order valence-electron chi connectivity index (χ2n) is 7.02. The Labute approximate surface area is 179 Å². The van der Waals surface area contributed by atoms with Crippen LogP contribution in [0.1, 0.15) is 6.92 Å². The first-order valence-corrected chi connectivity index (χ1v) is 9.41. The third kappa shape index (κ3) is 6.39. The van der Waals surface area contributed by atoms with Crippen molar-refractivity contribution in [3.8, 4) is 11.5 Å². The van der Waals surface area contributed by atoms with Gasteiger partial charge in [0.2, 0.25) is 0 Å². The van der Waals surface area contributed by atoms with E-state index in [9.17, 15) is 0 Å². The summed E-state index contributed by atoms with van der Waals surface area (Å²) in [7, 11) is 3.98. The topological polar surface area (TPSA) is 61.4 Å². The van der Waals surface area contributed by atoms with Crippen molar-refractivity contribution in [1.29, 1.82) is 0 Å². The zero-order chi connectivity index (χ0) is 18.4. The molecule has 0 saturated carbocycles. The number of nitrogens with zero attached hydrogens (tertiary/aromatic N) is 3. The van der Waals surface area contributed by atoms with Crippen molar-refractivity contribution < 1.29 is 9.47 Å². The standard InChI is InChI=1S/C19H31N5O2.HI/c1-15(24-10-8-23(3)9-11-24)12-21-19(20-2)22-13-16-14-25-17-6-4-5-7-18(17)26-16;/h4-7,15-16H,8-14H2,1-3H3,(H2,20,21,22);1H. The van der Waals surface area contributed by atoms with Crippen LogP contribution in [-0.2, 0) is 0 Å². The minimum Gasteiger partial charge on any atom is -0.486 e. The molecule has 2 atom stereocenters. The van der Waals surface area contributed by atoms with E-state index in [4.69, 9.17) is 9.47 Å². The van der Waals surface area contributed by atoms with Crippen LogP contribution in [0.4, 0.5) is 0 Å². The third-order valence-electron chi connectivity index (χ3n) is 5.01. The number of benzene rings is 1. The number of likely N-dealkylation sites (N-methyl/N-ethyl adjacent to an activating group) is 1. The van der Waals surface area contributed by atoms with E-state index in [-0.39, 0.29) is 30.1 Å². The molecule has 1 saturated heterocycles. The highest BCUT2D eigenvalue weighted by Gasteiger charge is 2.21. The molecule has 7 nitrogen and oxygen atoms in total. The number of nitrogens with one attached hydrogen (secondary N) is 2. The number of ether oxygens (including phenoxy) is 2. The van der Waals surface area contributed by atoms with Crippen molar-refractivity contribution in [2.45, 2.75) is 19.1 Å². The minimum atomic E-state index is -0.0292. The molecule has 0 radical (unpaired) electrons. The fourth-order valence-corrected chi connectivity index (χ4v) is 3.23. The van der Waals surface area contributed by atoms with Crippen LogP contribution >= 0.6 is 24.0 Å². The van der Waals surface area contributed by atoms with Crippen LogP contribution in [0, 0.1) is 0 Å². The van der Waals surface area contributed by atoms with Gasteiger partial charge in [-0.3, -0.25) is 9.89 Å². The molecule has 1 aromatic carbocycles. The number of aliphatic imine (C=N–C) groups is 1. The Balaban J connectivity index is 0.00000261. The maximum Gasteiger partial charge on any atom is 0.191 e. The molecule has 0 bridgehead atoms. The van der Waals surface area contributed by atoms with E-state index in [2.05, 4.69) is 39.4 Å². The molecule has 2 N–H and O–H groups in total. The summed E-state index contributed by atoms with van der Waals surface area (Å²) in [5, 5.41) is 6.77. The van der Waals surface area contributed by atoms with E-state index < -0.39 is 0 Å². The Kier molecular flexibility index (Phi) is 8.91. The van der Waals surface area contributed by atoms with Gasteiger partial charge in [-0.2, -0.15) is 0 Å². The molecule has 2 heterocycles. The lowest BCUT2D eigenvalue weighted by atomic mass is 10.2. The lowest BCUT2D eigenvalue weighted by molar-refractivity contribution is 0.0935. The Morgan fingerprint density at radius 1 is 1.19 bits per heavy atom. The molecule has 0 amide bonds. The average Bonchev–Trinajstić information content (AvgIpc) is 2.68. The zero-order valence-corrected chi connectivity index (χ0v) is 18.8. The molecular weight excluding hydrogens is 457 g/mol. The van der Waals surface area contributed by atoms with E-state index in [1.54, 1.807) is 7.05 Å². The molecule has 2 unspecified atom stereocenters. The number of guanidine groups is 1. The normalized spacial score (nSPS) is 21.9. The summed E-state index contributed by atoms with van der Waals surface area (Å²) in [5.41, 5.74) is 0. The van der Waals surface area contributed by atoms with Crippen molar-refractivity contribution in [1.82, 2.24) is 20.4 Å². The number of piperazine rings is 1. The first-order chi connectivity index (χ1) is 12.7. The second-order valence-corrected chi connectivity index (χ2v) is 7.02. The fourth-order valence-electron chi connectivity index (χ4n) is 3.23. The van der Waals surface area contributed by atoms with Gasteiger partial charge < -0.3 is 25.0 Å². The van der Waals surface area contributed by atoms with Gasteiger partial charge in [-0.1, -0.05) is 12.1 Å². The van der Waals surface area contributed by atoms with Gasteiger partial charge in [0.1, 0.15) is 12.7 Å². The highest BCUT2D eigenvalue weighted by atomic mass is 127.